The van der Waals surface area contributed by atoms with E-state index in [0.717, 1.165) is 16.3 Å². The Labute approximate surface area is 113 Å². The predicted molar refractivity (Wildman–Crippen MR) is 75.2 cm³/mol. The maximum absolute atomic E-state index is 11.8. The molecule has 2 aromatic carbocycles. The van der Waals surface area contributed by atoms with Crippen molar-refractivity contribution in [1.82, 2.24) is 0 Å². The second-order valence-electron chi connectivity index (χ2n) is 4.38. The summed E-state index contributed by atoms with van der Waals surface area (Å²) in [5, 5.41) is 12.9. The Morgan fingerprint density at radius 1 is 0.850 bits per heavy atom. The zero-order valence-electron chi connectivity index (χ0n) is 10.2. The Bertz CT molecular complexity index is 876. The van der Waals surface area contributed by atoms with Crippen molar-refractivity contribution < 1.29 is 4.79 Å². The number of fused-ring (bicyclic) bond motifs is 2. The van der Waals surface area contributed by atoms with E-state index in [1.165, 1.54) is 0 Å². The molecule has 2 aliphatic heterocycles. The lowest BCUT2D eigenvalue weighted by Crippen LogP contribution is -2.25. The van der Waals surface area contributed by atoms with E-state index in [2.05, 4.69) is 25.4 Å². The van der Waals surface area contributed by atoms with Gasteiger partial charge in [-0.15, -0.1) is 10.2 Å². The van der Waals surface area contributed by atoms with E-state index in [1.54, 1.807) is 0 Å². The van der Waals surface area contributed by atoms with E-state index in [0.29, 0.717) is 5.84 Å². The second-order valence-corrected chi connectivity index (χ2v) is 4.38. The molecular formula is C14H7N5O. The Morgan fingerprint density at radius 2 is 1.70 bits per heavy atom. The highest BCUT2D eigenvalue weighted by molar-refractivity contribution is 6.69. The van der Waals surface area contributed by atoms with Gasteiger partial charge in [0.05, 0.1) is 0 Å². The first-order valence-electron chi connectivity index (χ1n) is 6.01. The number of aliphatic imine (C=N–C) groups is 2. The number of hydrogen-bond donors (Lipinski definition) is 0. The van der Waals surface area contributed by atoms with Gasteiger partial charge in [0.2, 0.25) is 11.5 Å². The van der Waals surface area contributed by atoms with Gasteiger partial charge in [-0.2, -0.15) is 4.99 Å². The molecule has 0 N–H and O–H groups in total. The third-order valence-corrected chi connectivity index (χ3v) is 3.13. The topological polar surface area (TPSA) is 78.9 Å². The third-order valence-electron chi connectivity index (χ3n) is 3.13. The molecule has 0 aliphatic carbocycles. The van der Waals surface area contributed by atoms with Crippen LogP contribution in [0.2, 0.25) is 0 Å². The molecule has 2 aromatic rings. The Hall–Kier alpha value is -3.02. The van der Waals surface area contributed by atoms with Gasteiger partial charge in [0.25, 0.3) is 0 Å². The summed E-state index contributed by atoms with van der Waals surface area (Å²) in [6.07, 6.45) is 0. The molecule has 0 radical (unpaired) electrons. The molecular weight excluding hydrogens is 254 g/mol. The molecule has 0 unspecified atom stereocenters. The molecule has 2 aliphatic rings. The quantitative estimate of drug-likeness (QED) is 0.775. The number of rotatable bonds is 1. The highest BCUT2D eigenvalue weighted by Crippen LogP contribution is 2.18. The maximum Gasteiger partial charge on any atom is 0.303 e. The van der Waals surface area contributed by atoms with E-state index in [-0.39, 0.29) is 11.5 Å². The van der Waals surface area contributed by atoms with E-state index in [4.69, 9.17) is 0 Å². The van der Waals surface area contributed by atoms with E-state index >= 15 is 0 Å². The maximum atomic E-state index is 11.8. The first-order valence-corrected chi connectivity index (χ1v) is 6.01. The number of amidine groups is 2. The molecule has 0 bridgehead atoms. The van der Waals surface area contributed by atoms with Gasteiger partial charge in [-0.3, -0.25) is 4.79 Å². The molecule has 0 atom stereocenters. The Balaban J connectivity index is 1.85. The van der Waals surface area contributed by atoms with Crippen molar-refractivity contribution in [2.75, 3.05) is 0 Å². The minimum atomic E-state index is -0.455. The summed E-state index contributed by atoms with van der Waals surface area (Å²) in [6.45, 7) is 0. The van der Waals surface area contributed by atoms with Gasteiger partial charge in [-0.25, -0.2) is 4.99 Å². The molecule has 94 valence electrons. The molecule has 0 saturated carbocycles. The van der Waals surface area contributed by atoms with Crippen LogP contribution in [0.15, 0.2) is 67.9 Å². The minimum Gasteiger partial charge on any atom is -0.265 e. The monoisotopic (exact) mass is 261 g/mol. The average molecular weight is 261 g/mol. The van der Waals surface area contributed by atoms with Gasteiger partial charge >= 0.3 is 5.91 Å². The molecule has 1 amide bonds. The van der Waals surface area contributed by atoms with Gasteiger partial charge < -0.3 is 0 Å². The van der Waals surface area contributed by atoms with Crippen LogP contribution in [-0.2, 0) is 4.79 Å². The van der Waals surface area contributed by atoms with Gasteiger partial charge in [-0.1, -0.05) is 36.4 Å². The first-order chi connectivity index (χ1) is 9.81. The summed E-state index contributed by atoms with van der Waals surface area (Å²) < 4.78 is 0. The van der Waals surface area contributed by atoms with Crippen molar-refractivity contribution >= 4 is 34.1 Å². The molecule has 4 rings (SSSR count). The summed E-state index contributed by atoms with van der Waals surface area (Å²) in [4.78, 5) is 20.0. The van der Waals surface area contributed by atoms with E-state index in [9.17, 15) is 4.79 Å². The van der Waals surface area contributed by atoms with Crippen molar-refractivity contribution in [2.24, 2.45) is 25.4 Å². The fraction of sp³-hybridized carbons (Fsp3) is 0. The number of hydrogen-bond acceptors (Lipinski definition) is 5. The van der Waals surface area contributed by atoms with Crippen LogP contribution in [0.4, 0.5) is 0 Å². The molecule has 0 aromatic heterocycles. The molecule has 0 fully saturated rings. The van der Waals surface area contributed by atoms with Gasteiger partial charge in [0.1, 0.15) is 0 Å². The molecule has 2 heterocycles. The lowest BCUT2D eigenvalue weighted by atomic mass is 10.1. The van der Waals surface area contributed by atoms with Crippen LogP contribution in [-0.4, -0.2) is 23.3 Å². The number of nitrogens with zero attached hydrogens (tertiary/aromatic N) is 5. The molecule has 0 saturated heterocycles. The van der Waals surface area contributed by atoms with Crippen molar-refractivity contribution in [3.05, 3.63) is 48.0 Å². The third kappa shape index (κ3) is 1.58. The largest absolute Gasteiger partial charge is 0.303 e. The fourth-order valence-electron chi connectivity index (χ4n) is 2.15. The number of benzene rings is 2. The van der Waals surface area contributed by atoms with Crippen LogP contribution in [0.5, 0.6) is 0 Å². The minimum absolute atomic E-state index is 0.106. The molecule has 0 spiro atoms. The lowest BCUT2D eigenvalue weighted by Gasteiger charge is -2.07. The first kappa shape index (κ1) is 10.9. The van der Waals surface area contributed by atoms with E-state index < -0.39 is 5.91 Å². The van der Waals surface area contributed by atoms with Crippen LogP contribution in [0.3, 0.4) is 0 Å². The van der Waals surface area contributed by atoms with Crippen molar-refractivity contribution in [3.8, 4) is 0 Å². The van der Waals surface area contributed by atoms with Crippen LogP contribution in [0.25, 0.3) is 10.8 Å². The molecule has 6 heteroatoms. The summed E-state index contributed by atoms with van der Waals surface area (Å²) in [5.74, 6) is 0.117. The second kappa shape index (κ2) is 3.99. The van der Waals surface area contributed by atoms with Crippen LogP contribution < -0.4 is 0 Å². The zero-order chi connectivity index (χ0) is 13.5. The van der Waals surface area contributed by atoms with Gasteiger partial charge in [-0.05, 0) is 22.1 Å². The average Bonchev–Trinajstić information content (AvgIpc) is 2.96. The summed E-state index contributed by atoms with van der Waals surface area (Å²) in [6, 6.07) is 13.8. The highest BCUT2D eigenvalue weighted by atomic mass is 16.1. The standard InChI is InChI=1S/C14H7N5O/c20-14-11-13(18-19-17-11)15-12(16-14)10-6-5-8-3-1-2-4-9(8)7-10/h1-7H. The Morgan fingerprint density at radius 3 is 2.60 bits per heavy atom. The Kier molecular flexibility index (Phi) is 2.17. The van der Waals surface area contributed by atoms with Crippen LogP contribution in [0, 0.1) is 0 Å². The number of amides is 1. The smallest absolute Gasteiger partial charge is 0.265 e. The normalized spacial score (nSPS) is 16.8. The SMILES string of the molecule is O=C1N=C(c2ccc3ccccc3c2)N=C2N=NN=C12. The number of carbonyl (C=O) groups excluding carboxylic acids is 1. The van der Waals surface area contributed by atoms with Gasteiger partial charge in [0.15, 0.2) is 5.84 Å². The van der Waals surface area contributed by atoms with Crippen molar-refractivity contribution in [1.29, 1.82) is 0 Å². The fourth-order valence-corrected chi connectivity index (χ4v) is 2.15. The zero-order valence-corrected chi connectivity index (χ0v) is 10.2. The van der Waals surface area contributed by atoms with Crippen LogP contribution >= 0.6 is 0 Å². The summed E-state index contributed by atoms with van der Waals surface area (Å²) in [5.41, 5.74) is 0.875. The highest BCUT2D eigenvalue weighted by Gasteiger charge is 2.27. The van der Waals surface area contributed by atoms with E-state index in [1.807, 2.05) is 42.5 Å². The van der Waals surface area contributed by atoms with Crippen molar-refractivity contribution in [2.45, 2.75) is 0 Å². The van der Waals surface area contributed by atoms with Crippen LogP contribution in [0.1, 0.15) is 5.56 Å². The number of carbonyl (C=O) groups is 1. The van der Waals surface area contributed by atoms with Crippen molar-refractivity contribution in [3.63, 3.8) is 0 Å². The predicted octanol–water partition coefficient (Wildman–Crippen LogP) is 2.35. The molecule has 20 heavy (non-hydrogen) atoms. The lowest BCUT2D eigenvalue weighted by molar-refractivity contribution is -0.111. The summed E-state index contributed by atoms with van der Waals surface area (Å²) in [7, 11) is 0. The molecule has 6 nitrogen and oxygen atoms in total. The van der Waals surface area contributed by atoms with Gasteiger partial charge in [0, 0.05) is 5.56 Å². The summed E-state index contributed by atoms with van der Waals surface area (Å²) >= 11 is 0.